The van der Waals surface area contributed by atoms with E-state index in [4.69, 9.17) is 37.7 Å². The lowest BCUT2D eigenvalue weighted by Crippen LogP contribution is -2.57. The van der Waals surface area contributed by atoms with Gasteiger partial charge < -0.3 is 35.0 Å². The zero-order chi connectivity index (χ0) is 40.1. The number of piperazine rings is 1. The fraction of sp³-hybridized carbons (Fsp3) is 0.293. The SMILES string of the molecule is CNC(=O)c1cccc(C(=O)NCCN2CCN(C(=O)N3C(c4ccc(OC)cc4OC(C)C)=N[C@@H](c4ccc(Cl)cc4)[C@H]3c3ccc(Cl)cc3)CC2=O)c1O. The maximum absolute atomic E-state index is 14.9. The molecule has 0 radical (unpaired) electrons. The molecule has 13 nitrogen and oxygen atoms in total. The number of benzene rings is 4. The van der Waals surface area contributed by atoms with Crippen LogP contribution in [0.4, 0.5) is 4.79 Å². The Balaban J connectivity index is 1.27. The van der Waals surface area contributed by atoms with E-state index in [9.17, 15) is 24.3 Å². The Bertz CT molecular complexity index is 2150. The van der Waals surface area contributed by atoms with E-state index in [-0.39, 0.29) is 55.9 Å². The summed E-state index contributed by atoms with van der Waals surface area (Å²) < 4.78 is 11.8. The van der Waals surface area contributed by atoms with Crippen LogP contribution in [0.3, 0.4) is 0 Å². The highest BCUT2D eigenvalue weighted by atomic mass is 35.5. The Kier molecular flexibility index (Phi) is 12.4. The van der Waals surface area contributed by atoms with Crippen molar-refractivity contribution in [3.05, 3.63) is 123 Å². The molecule has 0 spiro atoms. The maximum Gasteiger partial charge on any atom is 0.326 e. The second-order valence-electron chi connectivity index (χ2n) is 13.5. The molecule has 0 aromatic heterocycles. The highest BCUT2D eigenvalue weighted by Gasteiger charge is 2.45. The topological polar surface area (TPSA) is 153 Å². The lowest BCUT2D eigenvalue weighted by atomic mass is 9.93. The minimum Gasteiger partial charge on any atom is -0.506 e. The van der Waals surface area contributed by atoms with Crippen LogP contribution in [-0.2, 0) is 4.79 Å². The molecule has 0 bridgehead atoms. The van der Waals surface area contributed by atoms with E-state index in [0.717, 1.165) is 11.1 Å². The average molecular weight is 802 g/mol. The van der Waals surface area contributed by atoms with Crippen molar-refractivity contribution in [3.63, 3.8) is 0 Å². The molecule has 2 aliphatic heterocycles. The first kappa shape index (κ1) is 39.9. The number of nitrogens with one attached hydrogen (secondary N) is 2. The zero-order valence-electron chi connectivity index (χ0n) is 31.3. The molecule has 4 aromatic rings. The summed E-state index contributed by atoms with van der Waals surface area (Å²) in [5.74, 6) is -0.490. The van der Waals surface area contributed by atoms with Gasteiger partial charge in [0.2, 0.25) is 5.91 Å². The minimum absolute atomic E-state index is 0.0317. The van der Waals surface area contributed by atoms with Gasteiger partial charge in [-0.2, -0.15) is 0 Å². The second-order valence-corrected chi connectivity index (χ2v) is 14.3. The third kappa shape index (κ3) is 8.53. The van der Waals surface area contributed by atoms with Gasteiger partial charge in [-0.15, -0.1) is 0 Å². The predicted molar refractivity (Wildman–Crippen MR) is 213 cm³/mol. The van der Waals surface area contributed by atoms with Crippen molar-refractivity contribution < 1.29 is 33.8 Å². The van der Waals surface area contributed by atoms with Crippen molar-refractivity contribution in [3.8, 4) is 17.2 Å². The molecule has 0 unspecified atom stereocenters. The molecule has 0 aliphatic carbocycles. The standard InChI is InChI=1S/C41H42Cl2N6O7/c1-24(2)56-33-22-29(55-4)16-17-30(33)38-46-35(25-8-12-27(42)13-9-25)36(26-10-14-28(43)15-11-26)49(38)41(54)48-21-20-47(34(50)23-48)19-18-45-40(53)32-7-5-6-31(37(32)51)39(52)44-3/h5-17,22,24,35-36,51H,18-21,23H2,1-4H3,(H,44,52)(H,45,53)/t35-,36+/m0/s1. The van der Waals surface area contributed by atoms with Gasteiger partial charge in [-0.05, 0) is 73.5 Å². The predicted octanol–water partition coefficient (Wildman–Crippen LogP) is 6.09. The van der Waals surface area contributed by atoms with Gasteiger partial charge in [-0.25, -0.2) is 4.79 Å². The van der Waals surface area contributed by atoms with E-state index >= 15 is 0 Å². The van der Waals surface area contributed by atoms with E-state index in [0.29, 0.717) is 32.9 Å². The molecule has 2 heterocycles. The van der Waals surface area contributed by atoms with Crippen LogP contribution in [0.5, 0.6) is 17.2 Å². The summed E-state index contributed by atoms with van der Waals surface area (Å²) in [5.41, 5.74) is 2.06. The molecule has 0 saturated carbocycles. The fourth-order valence-electron chi connectivity index (χ4n) is 6.73. The number of aromatic hydroxyl groups is 1. The normalized spacial score (nSPS) is 16.8. The molecule has 2 aliphatic rings. The zero-order valence-corrected chi connectivity index (χ0v) is 32.8. The first-order chi connectivity index (χ1) is 26.9. The molecule has 4 aromatic carbocycles. The number of rotatable bonds is 11. The summed E-state index contributed by atoms with van der Waals surface area (Å²) in [6, 6.07) is 22.6. The number of amides is 5. The molecule has 6 rings (SSSR count). The molecule has 1 saturated heterocycles. The second kappa shape index (κ2) is 17.3. The van der Waals surface area contributed by atoms with E-state index < -0.39 is 35.7 Å². The number of hydrogen-bond acceptors (Lipinski definition) is 8. The number of phenolic OH excluding ortho intramolecular Hbond substituents is 1. The van der Waals surface area contributed by atoms with Crippen LogP contribution in [0.2, 0.25) is 10.0 Å². The quantitative estimate of drug-likeness (QED) is 0.166. The molecule has 15 heteroatoms. The number of phenols is 1. The average Bonchev–Trinajstić information content (AvgIpc) is 3.58. The minimum atomic E-state index is -0.647. The summed E-state index contributed by atoms with van der Waals surface area (Å²) in [4.78, 5) is 63.5. The van der Waals surface area contributed by atoms with E-state index in [1.807, 2.05) is 44.2 Å². The van der Waals surface area contributed by atoms with Gasteiger partial charge in [-0.3, -0.25) is 24.3 Å². The molecule has 1 fully saturated rings. The number of ether oxygens (including phenoxy) is 2. The van der Waals surface area contributed by atoms with Crippen molar-refractivity contribution in [2.24, 2.45) is 4.99 Å². The van der Waals surface area contributed by atoms with Crippen molar-refractivity contribution in [2.45, 2.75) is 32.0 Å². The van der Waals surface area contributed by atoms with E-state index in [1.165, 1.54) is 30.1 Å². The van der Waals surface area contributed by atoms with Crippen molar-refractivity contribution in [2.75, 3.05) is 46.9 Å². The van der Waals surface area contributed by atoms with E-state index in [1.54, 1.807) is 53.3 Å². The summed E-state index contributed by atoms with van der Waals surface area (Å²) in [5, 5.41) is 16.7. The Morgan fingerprint density at radius 1 is 0.911 bits per heavy atom. The Hall–Kier alpha value is -5.79. The van der Waals surface area contributed by atoms with Gasteiger partial charge in [0.05, 0.1) is 35.9 Å². The van der Waals surface area contributed by atoms with Gasteiger partial charge in [0.25, 0.3) is 11.8 Å². The fourth-order valence-corrected chi connectivity index (χ4v) is 6.98. The molecule has 56 heavy (non-hydrogen) atoms. The van der Waals surface area contributed by atoms with Crippen LogP contribution in [0.25, 0.3) is 0 Å². The molecule has 5 amide bonds. The van der Waals surface area contributed by atoms with Crippen molar-refractivity contribution in [1.29, 1.82) is 0 Å². The Morgan fingerprint density at radius 3 is 2.16 bits per heavy atom. The highest BCUT2D eigenvalue weighted by Crippen LogP contribution is 2.46. The summed E-state index contributed by atoms with van der Waals surface area (Å²) in [7, 11) is 2.99. The van der Waals surface area contributed by atoms with Crippen LogP contribution in [0.1, 0.15) is 63.3 Å². The van der Waals surface area contributed by atoms with Crippen LogP contribution in [0, 0.1) is 0 Å². The number of halogens is 2. The number of nitrogens with zero attached hydrogens (tertiary/aromatic N) is 4. The molecule has 292 valence electrons. The third-order valence-corrected chi connectivity index (χ3v) is 10.0. The number of hydrogen-bond donors (Lipinski definition) is 3. The van der Waals surface area contributed by atoms with Crippen LogP contribution < -0.4 is 20.1 Å². The largest absolute Gasteiger partial charge is 0.506 e. The number of urea groups is 1. The number of amidine groups is 1. The van der Waals surface area contributed by atoms with Crippen molar-refractivity contribution >= 4 is 52.8 Å². The Labute approximate surface area is 334 Å². The van der Waals surface area contributed by atoms with Gasteiger partial charge in [0, 0.05) is 49.3 Å². The first-order valence-corrected chi connectivity index (χ1v) is 18.8. The highest BCUT2D eigenvalue weighted by molar-refractivity contribution is 6.30. The monoisotopic (exact) mass is 800 g/mol. The van der Waals surface area contributed by atoms with Gasteiger partial charge in [0.15, 0.2) is 0 Å². The van der Waals surface area contributed by atoms with Gasteiger partial charge >= 0.3 is 6.03 Å². The maximum atomic E-state index is 14.9. The number of para-hydroxylation sites is 1. The lowest BCUT2D eigenvalue weighted by molar-refractivity contribution is -0.134. The summed E-state index contributed by atoms with van der Waals surface area (Å²) >= 11 is 12.6. The number of carbonyl (C=O) groups is 4. The van der Waals surface area contributed by atoms with Crippen LogP contribution >= 0.6 is 23.2 Å². The molecule has 3 N–H and O–H groups in total. The van der Waals surface area contributed by atoms with E-state index in [2.05, 4.69) is 10.6 Å². The van der Waals surface area contributed by atoms with Gasteiger partial charge in [-0.1, -0.05) is 53.5 Å². The number of carbonyl (C=O) groups excluding carboxylic acids is 4. The molecule has 2 atom stereocenters. The Morgan fingerprint density at radius 2 is 1.55 bits per heavy atom. The van der Waals surface area contributed by atoms with Gasteiger partial charge in [0.1, 0.15) is 35.7 Å². The number of methoxy groups -OCH3 is 1. The summed E-state index contributed by atoms with van der Waals surface area (Å²) in [6.45, 7) is 4.22. The van der Waals surface area contributed by atoms with Crippen LogP contribution in [0.15, 0.2) is 89.9 Å². The smallest absolute Gasteiger partial charge is 0.326 e. The molecular weight excluding hydrogens is 759 g/mol. The van der Waals surface area contributed by atoms with Crippen LogP contribution in [-0.4, -0.2) is 102 Å². The lowest BCUT2D eigenvalue weighted by Gasteiger charge is -2.38. The summed E-state index contributed by atoms with van der Waals surface area (Å²) in [6.07, 6.45) is -0.208. The molecular formula is C41H42Cl2N6O7. The van der Waals surface area contributed by atoms with Crippen molar-refractivity contribution in [1.82, 2.24) is 25.3 Å². The first-order valence-electron chi connectivity index (χ1n) is 18.0. The third-order valence-electron chi connectivity index (χ3n) is 9.50. The number of aliphatic imine (C=N–C) groups is 1.